The molecule has 168 valence electrons. The molecule has 5 rings (SSSR count). The number of rotatable bonds is 4. The summed E-state index contributed by atoms with van der Waals surface area (Å²) in [7, 11) is -3.19. The van der Waals surface area contributed by atoms with Crippen LogP contribution in [0.25, 0.3) is 11.7 Å². The van der Waals surface area contributed by atoms with Gasteiger partial charge in [0.05, 0.1) is 22.5 Å². The number of hydrogen-bond acceptors (Lipinski definition) is 8. The van der Waals surface area contributed by atoms with Crippen molar-refractivity contribution < 1.29 is 17.9 Å². The van der Waals surface area contributed by atoms with E-state index in [1.807, 2.05) is 6.07 Å². The van der Waals surface area contributed by atoms with Crippen LogP contribution in [0.2, 0.25) is 0 Å². The van der Waals surface area contributed by atoms with Gasteiger partial charge in [-0.05, 0) is 36.8 Å². The second-order valence-electron chi connectivity index (χ2n) is 7.59. The van der Waals surface area contributed by atoms with Crippen molar-refractivity contribution in [3.63, 3.8) is 0 Å². The first kappa shape index (κ1) is 21.8. The summed E-state index contributed by atoms with van der Waals surface area (Å²) in [6, 6.07) is 13.5. The largest absolute Gasteiger partial charge is 0.438 e. The Bertz CT molecular complexity index is 1480. The van der Waals surface area contributed by atoms with E-state index in [0.29, 0.717) is 17.8 Å². The Morgan fingerprint density at radius 3 is 2.61 bits per heavy atom. The third-order valence-electron chi connectivity index (χ3n) is 5.36. The molecular formula is C22H17N3O5S3. The number of thioether (sulfide) groups is 1. The minimum Gasteiger partial charge on any atom is -0.438 e. The van der Waals surface area contributed by atoms with Gasteiger partial charge in [0.2, 0.25) is 5.88 Å². The van der Waals surface area contributed by atoms with Crippen LogP contribution in [-0.2, 0) is 14.6 Å². The Balaban J connectivity index is 1.58. The molecule has 1 aromatic carbocycles. The van der Waals surface area contributed by atoms with E-state index in [1.165, 1.54) is 15.4 Å². The van der Waals surface area contributed by atoms with E-state index >= 15 is 0 Å². The van der Waals surface area contributed by atoms with Crippen molar-refractivity contribution in [2.45, 2.75) is 12.5 Å². The third kappa shape index (κ3) is 4.19. The summed E-state index contributed by atoms with van der Waals surface area (Å²) in [6.07, 6.45) is 3.35. The molecule has 0 spiro atoms. The number of hydrogen-bond donors (Lipinski definition) is 0. The van der Waals surface area contributed by atoms with Gasteiger partial charge >= 0.3 is 0 Å². The SMILES string of the molecule is O=C1/C(=C/c2c(Oc3ccccc3)nc3ccccn3c2=O)SC(=S)N1C1CCS(=O)(=O)C1. The van der Waals surface area contributed by atoms with E-state index in [2.05, 4.69) is 4.98 Å². The number of para-hydroxylation sites is 1. The first-order valence-electron chi connectivity index (χ1n) is 10.0. The number of pyridine rings is 1. The third-order valence-corrected chi connectivity index (χ3v) is 8.45. The van der Waals surface area contributed by atoms with Gasteiger partial charge in [-0.1, -0.05) is 48.2 Å². The van der Waals surface area contributed by atoms with Crippen molar-refractivity contribution in [2.75, 3.05) is 11.5 Å². The number of nitrogens with zero attached hydrogens (tertiary/aromatic N) is 3. The summed E-state index contributed by atoms with van der Waals surface area (Å²) in [5.41, 5.74) is 0.0941. The van der Waals surface area contributed by atoms with Crippen LogP contribution < -0.4 is 10.3 Å². The van der Waals surface area contributed by atoms with Gasteiger partial charge in [0.15, 0.2) is 9.84 Å². The highest BCUT2D eigenvalue weighted by Crippen LogP contribution is 2.37. The van der Waals surface area contributed by atoms with Gasteiger partial charge in [0.25, 0.3) is 11.5 Å². The molecule has 8 nitrogen and oxygen atoms in total. The number of carbonyl (C=O) groups excluding carboxylic acids is 1. The van der Waals surface area contributed by atoms with Crippen molar-refractivity contribution in [1.29, 1.82) is 0 Å². The summed E-state index contributed by atoms with van der Waals surface area (Å²) in [4.78, 5) is 32.5. The predicted molar refractivity (Wildman–Crippen MR) is 130 cm³/mol. The molecule has 1 amide bonds. The highest BCUT2D eigenvalue weighted by molar-refractivity contribution is 8.26. The van der Waals surface area contributed by atoms with Crippen LogP contribution >= 0.6 is 24.0 Å². The Morgan fingerprint density at radius 2 is 1.88 bits per heavy atom. The van der Waals surface area contributed by atoms with Gasteiger partial charge in [-0.15, -0.1) is 0 Å². The van der Waals surface area contributed by atoms with Crippen LogP contribution in [0.5, 0.6) is 11.6 Å². The van der Waals surface area contributed by atoms with E-state index in [9.17, 15) is 18.0 Å². The molecule has 3 aromatic rings. The summed E-state index contributed by atoms with van der Waals surface area (Å²) < 4.78 is 31.3. The van der Waals surface area contributed by atoms with Gasteiger partial charge in [-0.2, -0.15) is 4.98 Å². The van der Waals surface area contributed by atoms with Gasteiger partial charge in [0.1, 0.15) is 21.3 Å². The zero-order valence-corrected chi connectivity index (χ0v) is 19.5. The molecule has 1 unspecified atom stereocenters. The maximum absolute atomic E-state index is 13.3. The summed E-state index contributed by atoms with van der Waals surface area (Å²) in [5, 5.41) is 0. The average molecular weight is 500 g/mol. The number of carbonyl (C=O) groups is 1. The number of amides is 1. The molecular weight excluding hydrogens is 482 g/mol. The smallest absolute Gasteiger partial charge is 0.269 e. The molecule has 1 atom stereocenters. The zero-order valence-electron chi connectivity index (χ0n) is 17.1. The Labute approximate surface area is 198 Å². The maximum Gasteiger partial charge on any atom is 0.269 e. The van der Waals surface area contributed by atoms with Gasteiger partial charge in [-0.3, -0.25) is 18.9 Å². The second-order valence-corrected chi connectivity index (χ2v) is 11.5. The van der Waals surface area contributed by atoms with Crippen LogP contribution in [0.4, 0.5) is 0 Å². The van der Waals surface area contributed by atoms with Crippen LogP contribution in [0.3, 0.4) is 0 Å². The lowest BCUT2D eigenvalue weighted by molar-refractivity contribution is -0.123. The number of aromatic nitrogens is 2. The number of fused-ring (bicyclic) bond motifs is 1. The summed E-state index contributed by atoms with van der Waals surface area (Å²) >= 11 is 6.41. The highest BCUT2D eigenvalue weighted by atomic mass is 32.2. The maximum atomic E-state index is 13.3. The first-order chi connectivity index (χ1) is 15.8. The quantitative estimate of drug-likeness (QED) is 0.399. The normalized spacial score (nSPS) is 21.3. The molecule has 2 fully saturated rings. The molecule has 33 heavy (non-hydrogen) atoms. The fraction of sp³-hybridized carbons (Fsp3) is 0.182. The Hall–Kier alpha value is -3.02. The molecule has 0 radical (unpaired) electrons. The molecule has 0 aliphatic carbocycles. The predicted octanol–water partition coefficient (Wildman–Crippen LogP) is 2.88. The standard InChI is InChI=1S/C22H17N3O5S3/c26-20-16(12-17-21(27)25(22(31)32-17)14-9-11-33(28,29)13-14)19(30-15-6-2-1-3-7-15)23-18-8-4-5-10-24(18)20/h1-8,10,12,14H,9,11,13H2/b17-12-. The molecule has 2 saturated heterocycles. The van der Waals surface area contributed by atoms with Crippen molar-refractivity contribution in [2.24, 2.45) is 0 Å². The Kier molecular flexibility index (Phi) is 5.55. The summed E-state index contributed by atoms with van der Waals surface area (Å²) in [6.45, 7) is 0. The number of benzene rings is 1. The topological polar surface area (TPSA) is 98.0 Å². The van der Waals surface area contributed by atoms with Crippen LogP contribution in [0.1, 0.15) is 12.0 Å². The first-order valence-corrected chi connectivity index (χ1v) is 13.1. The molecule has 2 aliphatic heterocycles. The molecule has 2 aromatic heterocycles. The van der Waals surface area contributed by atoms with E-state index < -0.39 is 27.3 Å². The lowest BCUT2D eigenvalue weighted by Gasteiger charge is -2.20. The lowest BCUT2D eigenvalue weighted by atomic mass is 10.2. The van der Waals surface area contributed by atoms with Crippen molar-refractivity contribution >= 4 is 55.8 Å². The van der Waals surface area contributed by atoms with Crippen LogP contribution in [-0.4, -0.2) is 50.5 Å². The van der Waals surface area contributed by atoms with Crippen LogP contribution in [0, 0.1) is 0 Å². The van der Waals surface area contributed by atoms with E-state index in [0.717, 1.165) is 11.8 Å². The zero-order chi connectivity index (χ0) is 23.2. The minimum absolute atomic E-state index is 0.0266. The summed E-state index contributed by atoms with van der Waals surface area (Å²) in [5.74, 6) is 0.0399. The van der Waals surface area contributed by atoms with Crippen LogP contribution in [0.15, 0.2) is 64.4 Å². The highest BCUT2D eigenvalue weighted by Gasteiger charge is 2.42. The van der Waals surface area contributed by atoms with Crippen molar-refractivity contribution in [3.8, 4) is 11.6 Å². The molecule has 0 bridgehead atoms. The number of thiocarbonyl (C=S) groups is 1. The van der Waals surface area contributed by atoms with Gasteiger partial charge in [-0.25, -0.2) is 8.42 Å². The van der Waals surface area contributed by atoms with E-state index in [-0.39, 0.29) is 32.2 Å². The van der Waals surface area contributed by atoms with E-state index in [1.54, 1.807) is 48.7 Å². The fourth-order valence-corrected chi connectivity index (χ4v) is 6.87. The minimum atomic E-state index is -3.19. The number of ether oxygens (including phenoxy) is 1. The molecule has 0 saturated carbocycles. The molecule has 2 aliphatic rings. The lowest BCUT2D eigenvalue weighted by Crippen LogP contribution is -2.39. The monoisotopic (exact) mass is 499 g/mol. The van der Waals surface area contributed by atoms with Gasteiger partial charge in [0, 0.05) is 6.20 Å². The fourth-order valence-electron chi connectivity index (χ4n) is 3.79. The van der Waals surface area contributed by atoms with Crippen molar-refractivity contribution in [1.82, 2.24) is 14.3 Å². The molecule has 0 N–H and O–H groups in total. The number of sulfone groups is 1. The average Bonchev–Trinajstić information content (AvgIpc) is 3.28. The van der Waals surface area contributed by atoms with E-state index in [4.69, 9.17) is 17.0 Å². The van der Waals surface area contributed by atoms with Gasteiger partial charge < -0.3 is 4.74 Å². The molecule has 4 heterocycles. The second kappa shape index (κ2) is 8.40. The Morgan fingerprint density at radius 1 is 1.12 bits per heavy atom. The van der Waals surface area contributed by atoms with Crippen molar-refractivity contribution in [3.05, 3.63) is 75.6 Å². The molecule has 11 heteroatoms.